The van der Waals surface area contributed by atoms with E-state index in [1.807, 2.05) is 60.7 Å². The SMILES string of the molecule is COc1ccccc1-c1cccc(Br)c1OCc1ccccc1. The van der Waals surface area contributed by atoms with Gasteiger partial charge in [-0.25, -0.2) is 0 Å². The van der Waals surface area contributed by atoms with E-state index in [1.54, 1.807) is 7.11 Å². The van der Waals surface area contributed by atoms with Crippen LogP contribution in [0.5, 0.6) is 11.5 Å². The number of halogens is 1. The van der Waals surface area contributed by atoms with E-state index in [0.717, 1.165) is 32.7 Å². The lowest BCUT2D eigenvalue weighted by atomic mass is 10.0. The topological polar surface area (TPSA) is 18.5 Å². The second-order valence-electron chi connectivity index (χ2n) is 5.09. The van der Waals surface area contributed by atoms with Crippen molar-refractivity contribution in [3.63, 3.8) is 0 Å². The van der Waals surface area contributed by atoms with Crippen molar-refractivity contribution in [3.8, 4) is 22.6 Å². The van der Waals surface area contributed by atoms with E-state index >= 15 is 0 Å². The summed E-state index contributed by atoms with van der Waals surface area (Å²) in [5.41, 5.74) is 3.15. The summed E-state index contributed by atoms with van der Waals surface area (Å²) in [6.07, 6.45) is 0. The Labute approximate surface area is 144 Å². The Balaban J connectivity index is 1.97. The number of benzene rings is 3. The lowest BCUT2D eigenvalue weighted by Crippen LogP contribution is -1.98. The first-order valence-corrected chi connectivity index (χ1v) is 8.17. The van der Waals surface area contributed by atoms with Crippen LogP contribution in [0.1, 0.15) is 5.56 Å². The van der Waals surface area contributed by atoms with Crippen LogP contribution >= 0.6 is 15.9 Å². The Morgan fingerprint density at radius 3 is 2.26 bits per heavy atom. The van der Waals surface area contributed by atoms with Gasteiger partial charge in [-0.15, -0.1) is 0 Å². The molecule has 3 aromatic rings. The van der Waals surface area contributed by atoms with Crippen molar-refractivity contribution in [2.45, 2.75) is 6.61 Å². The average molecular weight is 369 g/mol. The van der Waals surface area contributed by atoms with Gasteiger partial charge in [-0.2, -0.15) is 0 Å². The molecule has 0 atom stereocenters. The molecule has 0 aliphatic rings. The molecule has 0 radical (unpaired) electrons. The molecule has 3 aromatic carbocycles. The number of ether oxygens (including phenoxy) is 2. The van der Waals surface area contributed by atoms with Crippen LogP contribution in [0.4, 0.5) is 0 Å². The van der Waals surface area contributed by atoms with Crippen LogP contribution in [0.2, 0.25) is 0 Å². The molecule has 0 heterocycles. The molecule has 0 saturated carbocycles. The van der Waals surface area contributed by atoms with Crippen molar-refractivity contribution in [3.05, 3.63) is 82.8 Å². The summed E-state index contributed by atoms with van der Waals surface area (Å²) in [7, 11) is 1.68. The van der Waals surface area contributed by atoms with E-state index in [4.69, 9.17) is 9.47 Å². The molecule has 0 N–H and O–H groups in total. The standard InChI is InChI=1S/C20H17BrO2/c1-22-19-13-6-5-10-16(19)17-11-7-12-18(21)20(17)23-14-15-8-3-2-4-9-15/h2-13H,14H2,1H3. The lowest BCUT2D eigenvalue weighted by Gasteiger charge is -2.15. The van der Waals surface area contributed by atoms with Gasteiger partial charge in [0, 0.05) is 11.1 Å². The Morgan fingerprint density at radius 1 is 0.783 bits per heavy atom. The zero-order valence-electron chi connectivity index (χ0n) is 12.8. The van der Waals surface area contributed by atoms with Gasteiger partial charge in [-0.3, -0.25) is 0 Å². The third-order valence-electron chi connectivity index (χ3n) is 3.59. The molecule has 0 amide bonds. The number of rotatable bonds is 5. The molecule has 23 heavy (non-hydrogen) atoms. The predicted molar refractivity (Wildman–Crippen MR) is 96.9 cm³/mol. The van der Waals surface area contributed by atoms with E-state index in [0.29, 0.717) is 6.61 Å². The van der Waals surface area contributed by atoms with Crippen LogP contribution < -0.4 is 9.47 Å². The molecule has 3 heteroatoms. The van der Waals surface area contributed by atoms with Gasteiger partial charge in [0.05, 0.1) is 11.6 Å². The third kappa shape index (κ3) is 3.57. The van der Waals surface area contributed by atoms with Crippen LogP contribution in [0.25, 0.3) is 11.1 Å². The second-order valence-corrected chi connectivity index (χ2v) is 5.95. The highest BCUT2D eigenvalue weighted by molar-refractivity contribution is 9.10. The summed E-state index contributed by atoms with van der Waals surface area (Å²) >= 11 is 3.60. The fourth-order valence-electron chi connectivity index (χ4n) is 2.46. The highest BCUT2D eigenvalue weighted by atomic mass is 79.9. The van der Waals surface area contributed by atoms with Gasteiger partial charge in [-0.05, 0) is 33.6 Å². The second kappa shape index (κ2) is 7.34. The van der Waals surface area contributed by atoms with Crippen LogP contribution in [0, 0.1) is 0 Å². The number of para-hydroxylation sites is 2. The van der Waals surface area contributed by atoms with Crippen molar-refractivity contribution in [2.75, 3.05) is 7.11 Å². The molecule has 116 valence electrons. The van der Waals surface area contributed by atoms with E-state index < -0.39 is 0 Å². The maximum Gasteiger partial charge on any atom is 0.141 e. The predicted octanol–water partition coefficient (Wildman–Crippen LogP) is 5.70. The van der Waals surface area contributed by atoms with Gasteiger partial charge in [0.15, 0.2) is 0 Å². The summed E-state index contributed by atoms with van der Waals surface area (Å²) in [5.74, 6) is 1.65. The average Bonchev–Trinajstić information content (AvgIpc) is 2.61. The summed E-state index contributed by atoms with van der Waals surface area (Å²) in [6.45, 7) is 0.519. The molecule has 0 fully saturated rings. The summed E-state index contributed by atoms with van der Waals surface area (Å²) in [6, 6.07) is 24.1. The number of hydrogen-bond donors (Lipinski definition) is 0. The van der Waals surface area contributed by atoms with Crippen molar-refractivity contribution < 1.29 is 9.47 Å². The highest BCUT2D eigenvalue weighted by Gasteiger charge is 2.13. The van der Waals surface area contributed by atoms with Gasteiger partial charge in [0.25, 0.3) is 0 Å². The lowest BCUT2D eigenvalue weighted by molar-refractivity contribution is 0.305. The Bertz CT molecular complexity index is 785. The molecule has 0 unspecified atom stereocenters. The normalized spacial score (nSPS) is 10.3. The quantitative estimate of drug-likeness (QED) is 0.574. The van der Waals surface area contributed by atoms with Crippen molar-refractivity contribution in [2.24, 2.45) is 0 Å². The minimum Gasteiger partial charge on any atom is -0.496 e. The summed E-state index contributed by atoms with van der Waals surface area (Å²) < 4.78 is 12.5. The first-order valence-electron chi connectivity index (χ1n) is 7.38. The van der Waals surface area contributed by atoms with Crippen molar-refractivity contribution in [1.29, 1.82) is 0 Å². The smallest absolute Gasteiger partial charge is 0.141 e. The molecule has 0 saturated heterocycles. The van der Waals surface area contributed by atoms with Gasteiger partial charge >= 0.3 is 0 Å². The molecule has 0 aliphatic heterocycles. The Hall–Kier alpha value is -2.26. The minimum absolute atomic E-state index is 0.519. The zero-order chi connectivity index (χ0) is 16.1. The van der Waals surface area contributed by atoms with Gasteiger partial charge in [0.1, 0.15) is 18.1 Å². The minimum atomic E-state index is 0.519. The molecule has 3 rings (SSSR count). The van der Waals surface area contributed by atoms with Crippen LogP contribution in [-0.2, 0) is 6.61 Å². The Kier molecular flexibility index (Phi) is 4.99. The monoisotopic (exact) mass is 368 g/mol. The molecule has 0 spiro atoms. The summed E-state index contributed by atoms with van der Waals surface area (Å²) in [4.78, 5) is 0. The molecule has 0 bridgehead atoms. The van der Waals surface area contributed by atoms with Crippen LogP contribution in [-0.4, -0.2) is 7.11 Å². The fourth-order valence-corrected chi connectivity index (χ4v) is 2.95. The van der Waals surface area contributed by atoms with E-state index in [9.17, 15) is 0 Å². The van der Waals surface area contributed by atoms with E-state index in [2.05, 4.69) is 28.1 Å². The molecule has 2 nitrogen and oxygen atoms in total. The van der Waals surface area contributed by atoms with Crippen LogP contribution in [0.3, 0.4) is 0 Å². The fraction of sp³-hybridized carbons (Fsp3) is 0.100. The maximum absolute atomic E-state index is 6.11. The van der Waals surface area contributed by atoms with E-state index in [1.165, 1.54) is 0 Å². The highest BCUT2D eigenvalue weighted by Crippen LogP contribution is 2.40. The third-order valence-corrected chi connectivity index (χ3v) is 4.21. The number of methoxy groups -OCH3 is 1. The maximum atomic E-state index is 6.11. The largest absolute Gasteiger partial charge is 0.496 e. The van der Waals surface area contributed by atoms with Crippen molar-refractivity contribution in [1.82, 2.24) is 0 Å². The van der Waals surface area contributed by atoms with Gasteiger partial charge < -0.3 is 9.47 Å². The zero-order valence-corrected chi connectivity index (χ0v) is 14.4. The van der Waals surface area contributed by atoms with Crippen LogP contribution in [0.15, 0.2) is 77.3 Å². The Morgan fingerprint density at radius 2 is 1.48 bits per heavy atom. The van der Waals surface area contributed by atoms with Gasteiger partial charge in [-0.1, -0.05) is 60.7 Å². The number of hydrogen-bond acceptors (Lipinski definition) is 2. The van der Waals surface area contributed by atoms with E-state index in [-0.39, 0.29) is 0 Å². The first-order chi connectivity index (χ1) is 11.3. The first kappa shape index (κ1) is 15.6. The molecule has 0 aliphatic carbocycles. The summed E-state index contributed by atoms with van der Waals surface area (Å²) in [5, 5.41) is 0. The van der Waals surface area contributed by atoms with Gasteiger partial charge in [0.2, 0.25) is 0 Å². The molecular formula is C20H17BrO2. The van der Waals surface area contributed by atoms with Crippen molar-refractivity contribution >= 4 is 15.9 Å². The molecule has 0 aromatic heterocycles. The molecular weight excluding hydrogens is 352 g/mol.